The standard InChI is InChI=1S/C10H14ClN3S2/c1-15-10-13-8(11)4-9(14-10)16-6-7-2-3-12-5-7/h4,7,12H,2-3,5-6H2,1H3. The van der Waals surface area contributed by atoms with Gasteiger partial charge in [0.2, 0.25) is 0 Å². The summed E-state index contributed by atoms with van der Waals surface area (Å²) < 4.78 is 0. The highest BCUT2D eigenvalue weighted by molar-refractivity contribution is 7.99. The molecule has 88 valence electrons. The van der Waals surface area contributed by atoms with E-state index in [1.165, 1.54) is 18.2 Å². The fourth-order valence-corrected chi connectivity index (χ4v) is 3.37. The van der Waals surface area contributed by atoms with Gasteiger partial charge in [-0.2, -0.15) is 0 Å². The molecule has 1 saturated heterocycles. The number of nitrogens with one attached hydrogen (secondary N) is 1. The van der Waals surface area contributed by atoms with E-state index in [1.807, 2.05) is 12.3 Å². The second-order valence-electron chi connectivity index (χ2n) is 3.69. The van der Waals surface area contributed by atoms with Crippen LogP contribution in [0.5, 0.6) is 0 Å². The minimum Gasteiger partial charge on any atom is -0.316 e. The maximum atomic E-state index is 5.93. The zero-order valence-electron chi connectivity index (χ0n) is 9.07. The first-order valence-corrected chi connectivity index (χ1v) is 7.79. The minimum atomic E-state index is 0.534. The van der Waals surface area contributed by atoms with Gasteiger partial charge in [0.05, 0.1) is 0 Å². The highest BCUT2D eigenvalue weighted by Crippen LogP contribution is 2.25. The SMILES string of the molecule is CSc1nc(Cl)cc(SCC2CCNC2)n1. The van der Waals surface area contributed by atoms with Crippen LogP contribution in [0.1, 0.15) is 6.42 Å². The first kappa shape index (κ1) is 12.5. The number of hydrogen-bond donors (Lipinski definition) is 1. The largest absolute Gasteiger partial charge is 0.316 e. The van der Waals surface area contributed by atoms with Gasteiger partial charge >= 0.3 is 0 Å². The van der Waals surface area contributed by atoms with E-state index < -0.39 is 0 Å². The van der Waals surface area contributed by atoms with E-state index >= 15 is 0 Å². The Labute approximate surface area is 109 Å². The van der Waals surface area contributed by atoms with Gasteiger partial charge in [-0.05, 0) is 31.7 Å². The Morgan fingerprint density at radius 2 is 2.44 bits per heavy atom. The number of aromatic nitrogens is 2. The fraction of sp³-hybridized carbons (Fsp3) is 0.600. The molecule has 0 aromatic carbocycles. The van der Waals surface area contributed by atoms with Crippen LogP contribution in [0.25, 0.3) is 0 Å². The monoisotopic (exact) mass is 275 g/mol. The lowest BCUT2D eigenvalue weighted by Crippen LogP contribution is -2.10. The molecule has 0 amide bonds. The molecule has 1 N–H and O–H groups in total. The van der Waals surface area contributed by atoms with Crippen molar-refractivity contribution in [2.24, 2.45) is 5.92 Å². The van der Waals surface area contributed by atoms with Crippen LogP contribution in [0.2, 0.25) is 5.15 Å². The molecular weight excluding hydrogens is 262 g/mol. The molecule has 0 bridgehead atoms. The molecule has 1 aromatic rings. The van der Waals surface area contributed by atoms with Gasteiger partial charge in [-0.25, -0.2) is 9.97 Å². The summed E-state index contributed by atoms with van der Waals surface area (Å²) in [6, 6.07) is 1.84. The number of nitrogens with zero attached hydrogens (tertiary/aromatic N) is 2. The van der Waals surface area contributed by atoms with Crippen LogP contribution < -0.4 is 5.32 Å². The Morgan fingerprint density at radius 3 is 3.12 bits per heavy atom. The first-order valence-electron chi connectivity index (χ1n) is 5.20. The maximum absolute atomic E-state index is 5.93. The Kier molecular flexibility index (Phi) is 4.76. The van der Waals surface area contributed by atoms with E-state index in [0.29, 0.717) is 5.15 Å². The van der Waals surface area contributed by atoms with Crippen molar-refractivity contribution in [3.63, 3.8) is 0 Å². The second-order valence-corrected chi connectivity index (χ2v) is 5.89. The third kappa shape index (κ3) is 3.52. The molecule has 0 saturated carbocycles. The quantitative estimate of drug-likeness (QED) is 0.519. The molecular formula is C10H14ClN3S2. The summed E-state index contributed by atoms with van der Waals surface area (Å²) in [4.78, 5) is 8.55. The molecule has 1 atom stereocenters. The number of thioether (sulfide) groups is 2. The zero-order chi connectivity index (χ0) is 11.4. The maximum Gasteiger partial charge on any atom is 0.189 e. The summed E-state index contributed by atoms with van der Waals surface area (Å²) in [5.41, 5.74) is 0. The molecule has 3 nitrogen and oxygen atoms in total. The summed E-state index contributed by atoms with van der Waals surface area (Å²) in [5, 5.41) is 5.63. The van der Waals surface area contributed by atoms with Crippen LogP contribution in [0.3, 0.4) is 0 Å². The molecule has 16 heavy (non-hydrogen) atoms. The van der Waals surface area contributed by atoms with E-state index in [-0.39, 0.29) is 0 Å². The van der Waals surface area contributed by atoms with Crippen molar-refractivity contribution in [2.45, 2.75) is 16.6 Å². The van der Waals surface area contributed by atoms with Crippen molar-refractivity contribution in [1.29, 1.82) is 0 Å². The molecule has 0 radical (unpaired) electrons. The number of hydrogen-bond acceptors (Lipinski definition) is 5. The van der Waals surface area contributed by atoms with Crippen molar-refractivity contribution in [2.75, 3.05) is 25.1 Å². The molecule has 2 rings (SSSR count). The Morgan fingerprint density at radius 1 is 1.56 bits per heavy atom. The third-order valence-electron chi connectivity index (χ3n) is 2.46. The number of halogens is 1. The lowest BCUT2D eigenvalue weighted by molar-refractivity contribution is 0.662. The molecule has 0 spiro atoms. The van der Waals surface area contributed by atoms with Gasteiger partial charge in [0.1, 0.15) is 10.2 Å². The first-order chi connectivity index (χ1) is 7.78. The third-order valence-corrected chi connectivity index (χ3v) is 4.35. The van der Waals surface area contributed by atoms with E-state index in [4.69, 9.17) is 11.6 Å². The van der Waals surface area contributed by atoms with Crippen LogP contribution in [0, 0.1) is 5.92 Å². The summed E-state index contributed by atoms with van der Waals surface area (Å²) >= 11 is 9.23. The average molecular weight is 276 g/mol. The van der Waals surface area contributed by atoms with Gasteiger partial charge in [0.25, 0.3) is 0 Å². The Hall–Kier alpha value is 0.0300. The predicted molar refractivity (Wildman–Crippen MR) is 70.5 cm³/mol. The van der Waals surface area contributed by atoms with Gasteiger partial charge in [0, 0.05) is 11.8 Å². The highest BCUT2D eigenvalue weighted by atomic mass is 35.5. The molecule has 1 fully saturated rings. The topological polar surface area (TPSA) is 37.8 Å². The average Bonchev–Trinajstić information content (AvgIpc) is 2.78. The minimum absolute atomic E-state index is 0.534. The van der Waals surface area contributed by atoms with Gasteiger partial charge < -0.3 is 5.32 Å². The fourth-order valence-electron chi connectivity index (χ4n) is 1.60. The van der Waals surface area contributed by atoms with Crippen molar-refractivity contribution in [3.05, 3.63) is 11.2 Å². The highest BCUT2D eigenvalue weighted by Gasteiger charge is 2.15. The van der Waals surface area contributed by atoms with Crippen molar-refractivity contribution in [3.8, 4) is 0 Å². The molecule has 1 aliphatic heterocycles. The van der Waals surface area contributed by atoms with Gasteiger partial charge in [0.15, 0.2) is 5.16 Å². The summed E-state index contributed by atoms with van der Waals surface area (Å²) in [6.45, 7) is 2.27. The van der Waals surface area contributed by atoms with Crippen LogP contribution in [0.15, 0.2) is 16.2 Å². The van der Waals surface area contributed by atoms with Crippen LogP contribution in [0.4, 0.5) is 0 Å². The Bertz CT molecular complexity index is 356. The van der Waals surface area contributed by atoms with Crippen LogP contribution in [-0.2, 0) is 0 Å². The van der Waals surface area contributed by atoms with E-state index in [1.54, 1.807) is 11.8 Å². The molecule has 1 unspecified atom stereocenters. The number of rotatable bonds is 4. The van der Waals surface area contributed by atoms with E-state index in [0.717, 1.165) is 34.9 Å². The molecule has 1 aliphatic rings. The zero-order valence-corrected chi connectivity index (χ0v) is 11.5. The van der Waals surface area contributed by atoms with Gasteiger partial charge in [-0.3, -0.25) is 0 Å². The van der Waals surface area contributed by atoms with Crippen molar-refractivity contribution in [1.82, 2.24) is 15.3 Å². The molecule has 6 heteroatoms. The van der Waals surface area contributed by atoms with Crippen LogP contribution in [-0.4, -0.2) is 35.1 Å². The second kappa shape index (κ2) is 6.10. The Balaban J connectivity index is 1.94. The van der Waals surface area contributed by atoms with Gasteiger partial charge in [-0.15, -0.1) is 11.8 Å². The molecule has 1 aromatic heterocycles. The molecule has 2 heterocycles. The van der Waals surface area contributed by atoms with E-state index in [9.17, 15) is 0 Å². The normalized spacial score (nSPS) is 20.2. The van der Waals surface area contributed by atoms with E-state index in [2.05, 4.69) is 15.3 Å². The summed E-state index contributed by atoms with van der Waals surface area (Å²) in [5.74, 6) is 1.87. The lowest BCUT2D eigenvalue weighted by atomic mass is 10.2. The van der Waals surface area contributed by atoms with Crippen molar-refractivity contribution >= 4 is 35.1 Å². The smallest absolute Gasteiger partial charge is 0.189 e. The predicted octanol–water partition coefficient (Wildman–Crippen LogP) is 2.55. The van der Waals surface area contributed by atoms with Crippen molar-refractivity contribution < 1.29 is 0 Å². The molecule has 0 aliphatic carbocycles. The summed E-state index contributed by atoms with van der Waals surface area (Å²) in [6.07, 6.45) is 3.22. The summed E-state index contributed by atoms with van der Waals surface area (Å²) in [7, 11) is 0. The van der Waals surface area contributed by atoms with Gasteiger partial charge in [-0.1, -0.05) is 23.4 Å². The van der Waals surface area contributed by atoms with Crippen LogP contribution >= 0.6 is 35.1 Å². The lowest BCUT2D eigenvalue weighted by Gasteiger charge is -2.07.